The van der Waals surface area contributed by atoms with Crippen molar-refractivity contribution in [3.63, 3.8) is 0 Å². The van der Waals surface area contributed by atoms with Crippen LogP contribution in [0.2, 0.25) is 0 Å². The number of nitrogens with zero attached hydrogens (tertiary/aromatic N) is 3. The maximum absolute atomic E-state index is 9.31. The van der Waals surface area contributed by atoms with Crippen molar-refractivity contribution in [2.45, 2.75) is 57.8 Å². The molecule has 90 valence electrons. The van der Waals surface area contributed by atoms with Gasteiger partial charge < -0.3 is 4.74 Å². The number of nitriles is 1. The Balaban J connectivity index is 1.94. The molecule has 1 saturated carbocycles. The van der Waals surface area contributed by atoms with Gasteiger partial charge in [0.1, 0.15) is 11.8 Å². The van der Waals surface area contributed by atoms with Crippen LogP contribution < -0.4 is 0 Å². The highest BCUT2D eigenvalue weighted by Gasteiger charge is 2.26. The molecule has 2 heterocycles. The minimum atomic E-state index is 0.428. The standard InChI is InChI=1S/C13H17N3O/c14-7-13-11-8-17-9-12(11)15-16(13)10-5-3-1-2-4-6-10/h10H,1-6,8-9H2. The average Bonchev–Trinajstić information content (AvgIpc) is 2.80. The van der Waals surface area contributed by atoms with Crippen LogP contribution in [0, 0.1) is 11.3 Å². The van der Waals surface area contributed by atoms with Crippen molar-refractivity contribution >= 4 is 0 Å². The molecule has 2 aliphatic rings. The van der Waals surface area contributed by atoms with E-state index in [1.165, 1.54) is 25.7 Å². The van der Waals surface area contributed by atoms with Gasteiger partial charge in [-0.25, -0.2) is 0 Å². The molecule has 17 heavy (non-hydrogen) atoms. The van der Waals surface area contributed by atoms with Crippen LogP contribution in [0.15, 0.2) is 0 Å². The first-order chi connectivity index (χ1) is 8.40. The van der Waals surface area contributed by atoms with E-state index in [9.17, 15) is 5.26 Å². The topological polar surface area (TPSA) is 50.8 Å². The van der Waals surface area contributed by atoms with E-state index >= 15 is 0 Å². The van der Waals surface area contributed by atoms with Gasteiger partial charge in [0.2, 0.25) is 0 Å². The Bertz CT molecular complexity index is 450. The summed E-state index contributed by atoms with van der Waals surface area (Å²) in [4.78, 5) is 0. The van der Waals surface area contributed by atoms with Crippen molar-refractivity contribution in [1.82, 2.24) is 9.78 Å². The third kappa shape index (κ3) is 1.85. The number of ether oxygens (including phenoxy) is 1. The van der Waals surface area contributed by atoms with E-state index in [2.05, 4.69) is 11.2 Å². The van der Waals surface area contributed by atoms with Crippen LogP contribution >= 0.6 is 0 Å². The molecule has 4 heteroatoms. The minimum absolute atomic E-state index is 0.428. The lowest BCUT2D eigenvalue weighted by Gasteiger charge is -2.16. The van der Waals surface area contributed by atoms with Gasteiger partial charge in [-0.2, -0.15) is 10.4 Å². The van der Waals surface area contributed by atoms with Crippen molar-refractivity contribution in [3.05, 3.63) is 17.0 Å². The molecule has 0 bridgehead atoms. The van der Waals surface area contributed by atoms with Crippen molar-refractivity contribution in [3.8, 4) is 6.07 Å². The summed E-state index contributed by atoms with van der Waals surface area (Å²) >= 11 is 0. The number of rotatable bonds is 1. The van der Waals surface area contributed by atoms with E-state index in [-0.39, 0.29) is 0 Å². The summed E-state index contributed by atoms with van der Waals surface area (Å²) in [6.07, 6.45) is 7.49. The van der Waals surface area contributed by atoms with Gasteiger partial charge in [-0.05, 0) is 12.8 Å². The molecule has 1 aliphatic carbocycles. The van der Waals surface area contributed by atoms with Crippen molar-refractivity contribution in [1.29, 1.82) is 5.26 Å². The van der Waals surface area contributed by atoms with E-state index in [4.69, 9.17) is 4.74 Å². The first-order valence-corrected chi connectivity index (χ1v) is 6.48. The fraction of sp³-hybridized carbons (Fsp3) is 0.692. The van der Waals surface area contributed by atoms with E-state index in [0.29, 0.717) is 19.3 Å². The van der Waals surface area contributed by atoms with Gasteiger partial charge in [0, 0.05) is 5.56 Å². The van der Waals surface area contributed by atoms with Crippen LogP contribution in [0.4, 0.5) is 0 Å². The molecule has 4 nitrogen and oxygen atoms in total. The lowest BCUT2D eigenvalue weighted by atomic mass is 10.1. The molecule has 0 spiro atoms. The third-order valence-corrected chi connectivity index (χ3v) is 3.85. The molecule has 1 aliphatic heterocycles. The first kappa shape index (κ1) is 10.8. The molecule has 0 aromatic carbocycles. The predicted molar refractivity (Wildman–Crippen MR) is 62.2 cm³/mol. The summed E-state index contributed by atoms with van der Waals surface area (Å²) in [7, 11) is 0. The van der Waals surface area contributed by atoms with Crippen LogP contribution in [-0.4, -0.2) is 9.78 Å². The maximum Gasteiger partial charge on any atom is 0.144 e. The van der Waals surface area contributed by atoms with Gasteiger partial charge in [-0.3, -0.25) is 4.68 Å². The largest absolute Gasteiger partial charge is 0.370 e. The Morgan fingerprint density at radius 2 is 1.94 bits per heavy atom. The number of fused-ring (bicyclic) bond motifs is 1. The Hall–Kier alpha value is -1.34. The minimum Gasteiger partial charge on any atom is -0.370 e. The summed E-state index contributed by atoms with van der Waals surface area (Å²) < 4.78 is 7.32. The fourth-order valence-electron chi connectivity index (χ4n) is 2.92. The van der Waals surface area contributed by atoms with Crippen molar-refractivity contribution in [2.75, 3.05) is 0 Å². The zero-order valence-electron chi connectivity index (χ0n) is 9.98. The maximum atomic E-state index is 9.31. The highest BCUT2D eigenvalue weighted by molar-refractivity contribution is 5.36. The van der Waals surface area contributed by atoms with Crippen LogP contribution in [0.1, 0.15) is 61.5 Å². The van der Waals surface area contributed by atoms with E-state index in [1.54, 1.807) is 0 Å². The van der Waals surface area contributed by atoms with Gasteiger partial charge in [-0.1, -0.05) is 25.7 Å². The summed E-state index contributed by atoms with van der Waals surface area (Å²) in [5.74, 6) is 0. The van der Waals surface area contributed by atoms with E-state index in [1.807, 2.05) is 4.68 Å². The van der Waals surface area contributed by atoms with Crippen LogP contribution in [-0.2, 0) is 18.0 Å². The monoisotopic (exact) mass is 231 g/mol. The highest BCUT2D eigenvalue weighted by Crippen LogP contribution is 2.31. The molecule has 0 saturated heterocycles. The molecule has 0 unspecified atom stereocenters. The fourth-order valence-corrected chi connectivity index (χ4v) is 2.92. The second kappa shape index (κ2) is 4.50. The van der Waals surface area contributed by atoms with Gasteiger partial charge in [0.15, 0.2) is 0 Å². The second-order valence-electron chi connectivity index (χ2n) is 4.97. The summed E-state index contributed by atoms with van der Waals surface area (Å²) in [6.45, 7) is 1.13. The summed E-state index contributed by atoms with van der Waals surface area (Å²) in [6, 6.07) is 2.74. The zero-order valence-corrected chi connectivity index (χ0v) is 9.98. The molecule has 0 radical (unpaired) electrons. The molecule has 1 aromatic rings. The van der Waals surface area contributed by atoms with Crippen LogP contribution in [0.25, 0.3) is 0 Å². The second-order valence-corrected chi connectivity index (χ2v) is 4.97. The van der Waals surface area contributed by atoms with E-state index < -0.39 is 0 Å². The van der Waals surface area contributed by atoms with Gasteiger partial charge >= 0.3 is 0 Å². The average molecular weight is 231 g/mol. The molecule has 0 atom stereocenters. The molecular formula is C13H17N3O. The Kier molecular flexibility index (Phi) is 2.86. The zero-order chi connectivity index (χ0) is 11.7. The molecule has 0 amide bonds. The molecule has 0 N–H and O–H groups in total. The number of hydrogen-bond donors (Lipinski definition) is 0. The Morgan fingerprint density at radius 3 is 2.65 bits per heavy atom. The molecule has 1 fully saturated rings. The first-order valence-electron chi connectivity index (χ1n) is 6.48. The molecular weight excluding hydrogens is 214 g/mol. The number of aromatic nitrogens is 2. The number of hydrogen-bond acceptors (Lipinski definition) is 3. The normalized spacial score (nSPS) is 20.9. The smallest absolute Gasteiger partial charge is 0.144 e. The van der Waals surface area contributed by atoms with Crippen LogP contribution in [0.3, 0.4) is 0 Å². The van der Waals surface area contributed by atoms with Gasteiger partial charge in [-0.15, -0.1) is 0 Å². The van der Waals surface area contributed by atoms with Crippen LogP contribution in [0.5, 0.6) is 0 Å². The summed E-state index contributed by atoms with van der Waals surface area (Å²) in [5, 5.41) is 13.9. The molecule has 1 aromatic heterocycles. The van der Waals surface area contributed by atoms with E-state index in [0.717, 1.165) is 29.8 Å². The van der Waals surface area contributed by atoms with Gasteiger partial charge in [0.05, 0.1) is 24.9 Å². The SMILES string of the molecule is N#Cc1c2c(nn1C1CCCCCC1)COC2. The third-order valence-electron chi connectivity index (χ3n) is 3.85. The highest BCUT2D eigenvalue weighted by atomic mass is 16.5. The summed E-state index contributed by atoms with van der Waals surface area (Å²) in [5.41, 5.74) is 2.74. The lowest BCUT2D eigenvalue weighted by Crippen LogP contribution is -2.13. The van der Waals surface area contributed by atoms with Crippen molar-refractivity contribution in [2.24, 2.45) is 0 Å². The van der Waals surface area contributed by atoms with Gasteiger partial charge in [0.25, 0.3) is 0 Å². The quantitative estimate of drug-likeness (QED) is 0.698. The predicted octanol–water partition coefficient (Wildman–Crippen LogP) is 2.68. The lowest BCUT2D eigenvalue weighted by molar-refractivity contribution is 0.130. The van der Waals surface area contributed by atoms with Crippen molar-refractivity contribution < 1.29 is 4.74 Å². The molecule has 3 rings (SSSR count). The Labute approximate surface area is 101 Å². The Morgan fingerprint density at radius 1 is 1.18 bits per heavy atom.